The molecule has 3 aromatic rings. The SMILES string of the molecule is C=CCOc1cccc(/C=C/C(=O)Nc2c(O)cccc2/C=C/c2cc(OC)c(OC)c(OC)c2)c1. The minimum absolute atomic E-state index is 0.0522. The Labute approximate surface area is 210 Å². The van der Waals surface area contributed by atoms with Gasteiger partial charge in [0, 0.05) is 11.6 Å². The molecule has 7 heteroatoms. The Morgan fingerprint density at radius 1 is 0.917 bits per heavy atom. The number of hydrogen-bond acceptors (Lipinski definition) is 6. The molecular weight excluding hydrogens is 458 g/mol. The molecule has 0 heterocycles. The molecule has 186 valence electrons. The molecule has 0 fully saturated rings. The molecule has 0 aromatic heterocycles. The van der Waals surface area contributed by atoms with Crippen LogP contribution in [0.5, 0.6) is 28.7 Å². The summed E-state index contributed by atoms with van der Waals surface area (Å²) in [6, 6.07) is 15.9. The Morgan fingerprint density at radius 2 is 1.64 bits per heavy atom. The summed E-state index contributed by atoms with van der Waals surface area (Å²) in [5, 5.41) is 13.2. The van der Waals surface area contributed by atoms with Gasteiger partial charge in [-0.25, -0.2) is 0 Å². The van der Waals surface area contributed by atoms with Gasteiger partial charge in [0.15, 0.2) is 11.5 Å². The topological polar surface area (TPSA) is 86.3 Å². The highest BCUT2D eigenvalue weighted by Crippen LogP contribution is 2.39. The van der Waals surface area contributed by atoms with Crippen molar-refractivity contribution < 1.29 is 28.8 Å². The second-order valence-corrected chi connectivity index (χ2v) is 7.53. The first-order valence-corrected chi connectivity index (χ1v) is 11.1. The molecule has 0 aliphatic heterocycles. The molecule has 3 rings (SSSR count). The second-order valence-electron chi connectivity index (χ2n) is 7.53. The number of para-hydroxylation sites is 1. The van der Waals surface area contributed by atoms with E-state index in [9.17, 15) is 9.90 Å². The van der Waals surface area contributed by atoms with Gasteiger partial charge in [-0.15, -0.1) is 0 Å². The van der Waals surface area contributed by atoms with E-state index in [0.29, 0.717) is 40.9 Å². The first-order chi connectivity index (χ1) is 17.5. The number of rotatable bonds is 11. The van der Waals surface area contributed by atoms with Crippen molar-refractivity contribution in [3.8, 4) is 28.7 Å². The maximum atomic E-state index is 12.6. The van der Waals surface area contributed by atoms with Gasteiger partial charge < -0.3 is 29.4 Å². The second kappa shape index (κ2) is 12.7. The fourth-order valence-corrected chi connectivity index (χ4v) is 3.42. The summed E-state index contributed by atoms with van der Waals surface area (Å²) in [7, 11) is 4.64. The highest BCUT2D eigenvalue weighted by Gasteiger charge is 2.13. The van der Waals surface area contributed by atoms with Crippen molar-refractivity contribution in [2.24, 2.45) is 0 Å². The van der Waals surface area contributed by atoms with Crippen LogP contribution in [-0.4, -0.2) is 38.9 Å². The Hall–Kier alpha value is -4.65. The summed E-state index contributed by atoms with van der Waals surface area (Å²) in [6.07, 6.45) is 8.32. The number of phenolic OH excluding ortho intramolecular Hbond substituents is 1. The smallest absolute Gasteiger partial charge is 0.248 e. The standard InChI is InChI=1S/C29H29NO6/c1-5-16-36-23-10-6-8-20(17-23)13-15-27(32)30-28-22(9-7-11-24(28)31)14-12-21-18-25(33-2)29(35-4)26(19-21)34-3/h5-15,17-19,31H,1,16H2,2-4H3,(H,30,32)/b14-12+,15-13+. The van der Waals surface area contributed by atoms with Gasteiger partial charge >= 0.3 is 0 Å². The Kier molecular flexibility index (Phi) is 9.17. The molecule has 0 aliphatic carbocycles. The number of benzene rings is 3. The number of carbonyl (C=O) groups excluding carboxylic acids is 1. The number of aromatic hydroxyl groups is 1. The largest absolute Gasteiger partial charge is 0.506 e. The number of phenols is 1. The van der Waals surface area contributed by atoms with Gasteiger partial charge in [0.05, 0.1) is 27.0 Å². The van der Waals surface area contributed by atoms with Crippen molar-refractivity contribution in [2.45, 2.75) is 0 Å². The number of hydrogen-bond donors (Lipinski definition) is 2. The lowest BCUT2D eigenvalue weighted by molar-refractivity contribution is -0.111. The fourth-order valence-electron chi connectivity index (χ4n) is 3.42. The average molecular weight is 488 g/mol. The summed E-state index contributed by atoms with van der Waals surface area (Å²) in [6.45, 7) is 4.03. The molecule has 3 aromatic carbocycles. The monoisotopic (exact) mass is 487 g/mol. The van der Waals surface area contributed by atoms with E-state index in [4.69, 9.17) is 18.9 Å². The van der Waals surface area contributed by atoms with Crippen molar-refractivity contribution in [3.05, 3.63) is 90.0 Å². The minimum atomic E-state index is -0.392. The van der Waals surface area contributed by atoms with Crippen LogP contribution >= 0.6 is 0 Å². The zero-order valence-corrected chi connectivity index (χ0v) is 20.5. The van der Waals surface area contributed by atoms with Crippen LogP contribution in [0.15, 0.2) is 73.3 Å². The van der Waals surface area contributed by atoms with Gasteiger partial charge in [0.25, 0.3) is 0 Å². The van der Waals surface area contributed by atoms with Gasteiger partial charge in [0.1, 0.15) is 18.1 Å². The molecule has 0 bridgehead atoms. The van der Waals surface area contributed by atoms with Crippen LogP contribution in [-0.2, 0) is 4.79 Å². The third kappa shape index (κ3) is 6.70. The maximum Gasteiger partial charge on any atom is 0.248 e. The molecule has 7 nitrogen and oxygen atoms in total. The number of ether oxygens (including phenoxy) is 4. The molecule has 0 saturated heterocycles. The number of amides is 1. The van der Waals surface area contributed by atoms with Crippen LogP contribution < -0.4 is 24.3 Å². The van der Waals surface area contributed by atoms with Gasteiger partial charge in [-0.3, -0.25) is 4.79 Å². The molecule has 36 heavy (non-hydrogen) atoms. The third-order valence-corrected chi connectivity index (χ3v) is 5.12. The summed E-state index contributed by atoms with van der Waals surface area (Å²) in [5.41, 5.74) is 2.49. The number of methoxy groups -OCH3 is 3. The lowest BCUT2D eigenvalue weighted by Gasteiger charge is -2.13. The van der Waals surface area contributed by atoms with Crippen molar-refractivity contribution in [2.75, 3.05) is 33.3 Å². The van der Waals surface area contributed by atoms with E-state index in [1.165, 1.54) is 12.1 Å². The normalized spacial score (nSPS) is 10.9. The number of carbonyl (C=O) groups is 1. The third-order valence-electron chi connectivity index (χ3n) is 5.12. The summed E-state index contributed by atoms with van der Waals surface area (Å²) >= 11 is 0. The van der Waals surface area contributed by atoms with Gasteiger partial charge in [-0.1, -0.05) is 49.1 Å². The van der Waals surface area contributed by atoms with Crippen LogP contribution in [0.25, 0.3) is 18.2 Å². The highest BCUT2D eigenvalue weighted by molar-refractivity contribution is 6.04. The fraction of sp³-hybridized carbons (Fsp3) is 0.138. The predicted octanol–water partition coefficient (Wildman–Crippen LogP) is 5.81. The van der Waals surface area contributed by atoms with E-state index in [1.54, 1.807) is 63.8 Å². The van der Waals surface area contributed by atoms with Crippen molar-refractivity contribution >= 4 is 29.8 Å². The first-order valence-electron chi connectivity index (χ1n) is 11.1. The van der Waals surface area contributed by atoms with Crippen molar-refractivity contribution in [1.82, 2.24) is 0 Å². The Balaban J connectivity index is 1.80. The summed E-state index contributed by atoms with van der Waals surface area (Å²) < 4.78 is 21.7. The Bertz CT molecular complexity index is 1250. The molecule has 0 saturated carbocycles. The maximum absolute atomic E-state index is 12.6. The number of nitrogens with one attached hydrogen (secondary N) is 1. The number of anilines is 1. The van der Waals surface area contributed by atoms with E-state index in [-0.39, 0.29) is 5.75 Å². The zero-order valence-electron chi connectivity index (χ0n) is 20.5. The predicted molar refractivity (Wildman–Crippen MR) is 143 cm³/mol. The highest BCUT2D eigenvalue weighted by atomic mass is 16.5. The molecule has 0 radical (unpaired) electrons. The van der Waals surface area contributed by atoms with Crippen molar-refractivity contribution in [3.63, 3.8) is 0 Å². The molecule has 0 unspecified atom stereocenters. The van der Waals surface area contributed by atoms with Crippen LogP contribution in [0.3, 0.4) is 0 Å². The van der Waals surface area contributed by atoms with E-state index in [2.05, 4.69) is 11.9 Å². The van der Waals surface area contributed by atoms with Crippen LogP contribution in [0.1, 0.15) is 16.7 Å². The Morgan fingerprint density at radius 3 is 2.31 bits per heavy atom. The van der Waals surface area contributed by atoms with E-state index in [0.717, 1.165) is 11.1 Å². The molecule has 0 atom stereocenters. The molecule has 2 N–H and O–H groups in total. The summed E-state index contributed by atoms with van der Waals surface area (Å²) in [5.74, 6) is 1.76. The van der Waals surface area contributed by atoms with E-state index >= 15 is 0 Å². The minimum Gasteiger partial charge on any atom is -0.506 e. The average Bonchev–Trinajstić information content (AvgIpc) is 2.90. The van der Waals surface area contributed by atoms with Crippen LogP contribution in [0, 0.1) is 0 Å². The van der Waals surface area contributed by atoms with Gasteiger partial charge in [0.2, 0.25) is 11.7 Å². The van der Waals surface area contributed by atoms with Gasteiger partial charge in [-0.2, -0.15) is 0 Å². The molecule has 1 amide bonds. The lowest BCUT2D eigenvalue weighted by Crippen LogP contribution is -2.09. The summed E-state index contributed by atoms with van der Waals surface area (Å²) in [4.78, 5) is 12.6. The van der Waals surface area contributed by atoms with Gasteiger partial charge in [-0.05, 0) is 47.5 Å². The molecule has 0 aliphatic rings. The van der Waals surface area contributed by atoms with Crippen LogP contribution in [0.2, 0.25) is 0 Å². The van der Waals surface area contributed by atoms with E-state index in [1.807, 2.05) is 30.3 Å². The van der Waals surface area contributed by atoms with Crippen LogP contribution in [0.4, 0.5) is 5.69 Å². The lowest BCUT2D eigenvalue weighted by atomic mass is 10.1. The molecular formula is C29H29NO6. The van der Waals surface area contributed by atoms with E-state index < -0.39 is 5.91 Å². The van der Waals surface area contributed by atoms with Crippen molar-refractivity contribution in [1.29, 1.82) is 0 Å². The quantitative estimate of drug-likeness (QED) is 0.154. The zero-order chi connectivity index (χ0) is 25.9. The first kappa shape index (κ1) is 26.0. The molecule has 0 spiro atoms.